The summed E-state index contributed by atoms with van der Waals surface area (Å²) in [6.45, 7) is 7.51. The van der Waals surface area contributed by atoms with Gasteiger partial charge < -0.3 is 0 Å². The molecule has 0 bridgehead atoms. The summed E-state index contributed by atoms with van der Waals surface area (Å²) >= 11 is 0. The molecule has 1 N–H and O–H groups in total. The van der Waals surface area contributed by atoms with Gasteiger partial charge in [-0.3, -0.25) is 14.8 Å². The number of nitro benzene ring substituents is 1. The van der Waals surface area contributed by atoms with Crippen molar-refractivity contribution in [3.63, 3.8) is 0 Å². The summed E-state index contributed by atoms with van der Waals surface area (Å²) in [5.74, 6) is -0.156. The number of non-ortho nitro benzene ring substituents is 1. The van der Waals surface area contributed by atoms with Crippen LogP contribution >= 0.6 is 0 Å². The number of anilines is 1. The molecule has 0 unspecified atom stereocenters. The summed E-state index contributed by atoms with van der Waals surface area (Å²) in [5.41, 5.74) is 1.62. The van der Waals surface area contributed by atoms with E-state index in [1.807, 2.05) is 27.7 Å². The van der Waals surface area contributed by atoms with Crippen molar-refractivity contribution in [2.24, 2.45) is 0 Å². The highest BCUT2D eigenvalue weighted by molar-refractivity contribution is 7.92. The summed E-state index contributed by atoms with van der Waals surface area (Å²) in [6.07, 6.45) is 0. The molecule has 0 amide bonds. The van der Waals surface area contributed by atoms with Gasteiger partial charge in [-0.05, 0) is 35.1 Å². The van der Waals surface area contributed by atoms with Crippen LogP contribution in [0.5, 0.6) is 0 Å². The standard InChI is InChI=1S/C18H22N2O4S/c1-12(2)16-10-14(20(21)22)11-17(13(3)4)18(16)19-25(23,24)15-8-6-5-7-9-15/h5-13,19H,1-4H3. The predicted molar refractivity (Wildman–Crippen MR) is 98.5 cm³/mol. The lowest BCUT2D eigenvalue weighted by molar-refractivity contribution is -0.385. The molecular formula is C18H22N2O4S. The van der Waals surface area contributed by atoms with Crippen molar-refractivity contribution in [3.05, 3.63) is 63.7 Å². The molecule has 0 aromatic heterocycles. The fourth-order valence-corrected chi connectivity index (χ4v) is 3.74. The van der Waals surface area contributed by atoms with Crippen LogP contribution in [0.1, 0.15) is 50.7 Å². The van der Waals surface area contributed by atoms with Gasteiger partial charge in [0.1, 0.15) is 0 Å². The summed E-state index contributed by atoms with van der Waals surface area (Å²) in [6, 6.07) is 11.0. The number of hydrogen-bond donors (Lipinski definition) is 1. The fourth-order valence-electron chi connectivity index (χ4n) is 2.60. The topological polar surface area (TPSA) is 89.3 Å². The lowest BCUT2D eigenvalue weighted by Crippen LogP contribution is -2.17. The minimum atomic E-state index is -3.78. The Hall–Kier alpha value is -2.41. The Labute approximate surface area is 148 Å². The fraction of sp³-hybridized carbons (Fsp3) is 0.333. The number of nitrogens with one attached hydrogen (secondary N) is 1. The third-order valence-corrected chi connectivity index (χ3v) is 5.29. The SMILES string of the molecule is CC(C)c1cc([N+](=O)[O-])cc(C(C)C)c1NS(=O)(=O)c1ccccc1. The predicted octanol–water partition coefficient (Wildman–Crippen LogP) is 4.64. The molecule has 0 heterocycles. The van der Waals surface area contributed by atoms with Gasteiger partial charge >= 0.3 is 0 Å². The molecular weight excluding hydrogens is 340 g/mol. The second-order valence-electron chi connectivity index (χ2n) is 6.48. The molecule has 0 spiro atoms. The Morgan fingerprint density at radius 1 is 0.960 bits per heavy atom. The van der Waals surface area contributed by atoms with Gasteiger partial charge in [-0.15, -0.1) is 0 Å². The molecule has 134 valence electrons. The zero-order chi connectivity index (χ0) is 18.8. The van der Waals surface area contributed by atoms with Crippen LogP contribution in [0.2, 0.25) is 0 Å². The van der Waals surface area contributed by atoms with Gasteiger partial charge in [0.2, 0.25) is 0 Å². The smallest absolute Gasteiger partial charge is 0.270 e. The molecule has 0 atom stereocenters. The molecule has 0 aliphatic heterocycles. The molecule has 0 radical (unpaired) electrons. The summed E-state index contributed by atoms with van der Waals surface area (Å²) in [4.78, 5) is 10.9. The van der Waals surface area contributed by atoms with E-state index in [2.05, 4.69) is 4.72 Å². The Morgan fingerprint density at radius 3 is 1.84 bits per heavy atom. The highest BCUT2D eigenvalue weighted by Gasteiger charge is 2.24. The van der Waals surface area contributed by atoms with Crippen molar-refractivity contribution in [1.82, 2.24) is 0 Å². The molecule has 0 fully saturated rings. The third kappa shape index (κ3) is 4.17. The van der Waals surface area contributed by atoms with E-state index in [0.29, 0.717) is 16.8 Å². The molecule has 6 nitrogen and oxygen atoms in total. The number of benzene rings is 2. The number of hydrogen-bond acceptors (Lipinski definition) is 4. The van der Waals surface area contributed by atoms with Crippen molar-refractivity contribution in [2.75, 3.05) is 4.72 Å². The van der Waals surface area contributed by atoms with Crippen LogP contribution in [0.15, 0.2) is 47.4 Å². The Balaban J connectivity index is 2.65. The van der Waals surface area contributed by atoms with Crippen LogP contribution < -0.4 is 4.72 Å². The second kappa shape index (κ2) is 7.23. The molecule has 2 aromatic rings. The van der Waals surface area contributed by atoms with Crippen LogP contribution in [0.25, 0.3) is 0 Å². The van der Waals surface area contributed by atoms with Gasteiger partial charge in [0.25, 0.3) is 15.7 Å². The lowest BCUT2D eigenvalue weighted by atomic mass is 9.92. The van der Waals surface area contributed by atoms with Gasteiger partial charge in [-0.1, -0.05) is 45.9 Å². The van der Waals surface area contributed by atoms with Gasteiger partial charge in [0, 0.05) is 12.1 Å². The van der Waals surface area contributed by atoms with E-state index in [9.17, 15) is 18.5 Å². The van der Waals surface area contributed by atoms with Crippen LogP contribution in [-0.2, 0) is 10.0 Å². The first kappa shape index (κ1) is 18.9. The monoisotopic (exact) mass is 362 g/mol. The van der Waals surface area contributed by atoms with Crippen molar-refractivity contribution in [3.8, 4) is 0 Å². The molecule has 2 rings (SSSR count). The zero-order valence-electron chi connectivity index (χ0n) is 14.7. The van der Waals surface area contributed by atoms with E-state index in [0.717, 1.165) is 0 Å². The molecule has 0 aliphatic carbocycles. The minimum absolute atomic E-state index is 0.0324. The van der Waals surface area contributed by atoms with E-state index in [-0.39, 0.29) is 22.4 Å². The molecule has 0 saturated carbocycles. The highest BCUT2D eigenvalue weighted by atomic mass is 32.2. The van der Waals surface area contributed by atoms with Crippen molar-refractivity contribution in [1.29, 1.82) is 0 Å². The lowest BCUT2D eigenvalue weighted by Gasteiger charge is -2.21. The maximum Gasteiger partial charge on any atom is 0.270 e. The first-order valence-electron chi connectivity index (χ1n) is 8.03. The zero-order valence-corrected chi connectivity index (χ0v) is 15.5. The average molecular weight is 362 g/mol. The van der Waals surface area contributed by atoms with Crippen LogP contribution in [0.3, 0.4) is 0 Å². The molecule has 0 saturated heterocycles. The van der Waals surface area contributed by atoms with E-state index in [1.165, 1.54) is 24.3 Å². The van der Waals surface area contributed by atoms with Crippen LogP contribution in [0.4, 0.5) is 11.4 Å². The van der Waals surface area contributed by atoms with Crippen LogP contribution in [0, 0.1) is 10.1 Å². The largest absolute Gasteiger partial charge is 0.279 e. The Bertz CT molecular complexity index is 846. The van der Waals surface area contributed by atoms with Gasteiger partial charge in [-0.25, -0.2) is 8.42 Å². The minimum Gasteiger partial charge on any atom is -0.279 e. The van der Waals surface area contributed by atoms with Gasteiger partial charge in [0.05, 0.1) is 15.5 Å². The highest BCUT2D eigenvalue weighted by Crippen LogP contribution is 2.37. The van der Waals surface area contributed by atoms with Crippen molar-refractivity contribution < 1.29 is 13.3 Å². The first-order valence-corrected chi connectivity index (χ1v) is 9.52. The summed E-state index contributed by atoms with van der Waals surface area (Å²) < 4.78 is 28.1. The molecule has 7 heteroatoms. The number of rotatable bonds is 6. The van der Waals surface area contributed by atoms with Crippen LogP contribution in [-0.4, -0.2) is 13.3 Å². The summed E-state index contributed by atoms with van der Waals surface area (Å²) in [5, 5.41) is 11.2. The number of nitrogens with zero attached hydrogens (tertiary/aromatic N) is 1. The van der Waals surface area contributed by atoms with E-state index < -0.39 is 14.9 Å². The van der Waals surface area contributed by atoms with Crippen molar-refractivity contribution >= 4 is 21.4 Å². The van der Waals surface area contributed by atoms with Crippen molar-refractivity contribution in [2.45, 2.75) is 44.4 Å². The first-order chi connectivity index (χ1) is 11.6. The second-order valence-corrected chi connectivity index (χ2v) is 8.17. The average Bonchev–Trinajstić information content (AvgIpc) is 2.54. The number of sulfonamides is 1. The molecule has 25 heavy (non-hydrogen) atoms. The van der Waals surface area contributed by atoms with Gasteiger partial charge in [0.15, 0.2) is 0 Å². The molecule has 2 aromatic carbocycles. The van der Waals surface area contributed by atoms with Gasteiger partial charge in [-0.2, -0.15) is 0 Å². The number of nitro groups is 1. The maximum atomic E-state index is 12.7. The Kier molecular flexibility index (Phi) is 5.47. The normalized spacial score (nSPS) is 11.8. The maximum absolute atomic E-state index is 12.7. The molecule has 0 aliphatic rings. The summed E-state index contributed by atoms with van der Waals surface area (Å²) in [7, 11) is -3.78. The Morgan fingerprint density at radius 2 is 1.44 bits per heavy atom. The van der Waals surface area contributed by atoms with E-state index >= 15 is 0 Å². The van der Waals surface area contributed by atoms with E-state index in [4.69, 9.17) is 0 Å². The third-order valence-electron chi connectivity index (χ3n) is 3.93. The van der Waals surface area contributed by atoms with E-state index in [1.54, 1.807) is 18.2 Å². The quantitative estimate of drug-likeness (QED) is 0.598.